The minimum atomic E-state index is -0.584. The summed E-state index contributed by atoms with van der Waals surface area (Å²) in [5.41, 5.74) is 0.984. The predicted octanol–water partition coefficient (Wildman–Crippen LogP) is 2.65. The molecule has 0 aromatic heterocycles. The van der Waals surface area contributed by atoms with E-state index in [1.54, 1.807) is 30.2 Å². The van der Waals surface area contributed by atoms with Gasteiger partial charge in [0.15, 0.2) is 0 Å². The zero-order valence-corrected chi connectivity index (χ0v) is 15.9. The number of benzene rings is 2. The lowest BCUT2D eigenvalue weighted by Crippen LogP contribution is -2.67. The van der Waals surface area contributed by atoms with Crippen LogP contribution in [0.2, 0.25) is 0 Å². The van der Waals surface area contributed by atoms with Crippen LogP contribution in [0.5, 0.6) is 5.75 Å². The number of hydrogen-bond donors (Lipinski definition) is 1. The van der Waals surface area contributed by atoms with Crippen molar-refractivity contribution in [2.45, 2.75) is 18.5 Å². The maximum Gasteiger partial charge on any atom is 0.257 e. The van der Waals surface area contributed by atoms with E-state index in [2.05, 4.69) is 5.32 Å². The Bertz CT molecular complexity index is 938. The molecule has 4 rings (SSSR count). The molecule has 0 radical (unpaired) electrons. The van der Waals surface area contributed by atoms with Crippen LogP contribution in [0.1, 0.15) is 33.6 Å². The average molecular weight is 383 g/mol. The molecule has 146 valence electrons. The molecule has 0 saturated carbocycles. The highest BCUT2D eigenvalue weighted by molar-refractivity contribution is 6.02. The minimum Gasteiger partial charge on any atom is -0.496 e. The van der Waals surface area contributed by atoms with E-state index in [0.29, 0.717) is 48.5 Å². The summed E-state index contributed by atoms with van der Waals surface area (Å²) in [6.45, 7) is 0.996. The van der Waals surface area contributed by atoms with Crippen molar-refractivity contribution in [3.05, 3.63) is 59.4 Å². The number of halogens is 1. The second kappa shape index (κ2) is 6.82. The molecule has 2 aliphatic heterocycles. The van der Waals surface area contributed by atoms with E-state index >= 15 is 0 Å². The number of likely N-dealkylation sites (tertiary alicyclic amines) is 1. The molecule has 1 fully saturated rings. The molecule has 0 bridgehead atoms. The maximum atomic E-state index is 13.5. The molecular formula is C21H22FN3O3. The van der Waals surface area contributed by atoms with Crippen molar-refractivity contribution in [1.82, 2.24) is 10.2 Å². The summed E-state index contributed by atoms with van der Waals surface area (Å²) in [4.78, 5) is 29.3. The third-order valence-corrected chi connectivity index (χ3v) is 5.77. The largest absolute Gasteiger partial charge is 0.496 e. The third kappa shape index (κ3) is 2.87. The Morgan fingerprint density at radius 2 is 1.89 bits per heavy atom. The highest BCUT2D eigenvalue weighted by Crippen LogP contribution is 2.37. The fraction of sp³-hybridized carbons (Fsp3) is 0.333. The van der Waals surface area contributed by atoms with Crippen LogP contribution >= 0.6 is 0 Å². The molecule has 1 spiro atoms. The first-order valence-corrected chi connectivity index (χ1v) is 9.23. The number of piperidine rings is 1. The molecule has 2 amide bonds. The number of ether oxygens (including phenoxy) is 1. The summed E-state index contributed by atoms with van der Waals surface area (Å²) < 4.78 is 18.8. The van der Waals surface area contributed by atoms with E-state index in [1.165, 1.54) is 12.1 Å². The van der Waals surface area contributed by atoms with Crippen LogP contribution in [-0.4, -0.2) is 49.6 Å². The lowest BCUT2D eigenvalue weighted by atomic mass is 9.90. The van der Waals surface area contributed by atoms with Gasteiger partial charge in [0.2, 0.25) is 0 Å². The van der Waals surface area contributed by atoms with Crippen LogP contribution in [0.25, 0.3) is 0 Å². The molecule has 2 aromatic rings. The van der Waals surface area contributed by atoms with Crippen LogP contribution in [0, 0.1) is 5.82 Å². The Hall–Kier alpha value is -3.09. The number of hydrogen-bond acceptors (Lipinski definition) is 4. The number of rotatable bonds is 2. The van der Waals surface area contributed by atoms with Gasteiger partial charge in [-0.05, 0) is 30.3 Å². The molecule has 1 saturated heterocycles. The topological polar surface area (TPSA) is 61.9 Å². The van der Waals surface area contributed by atoms with Crippen LogP contribution in [0.15, 0.2) is 42.5 Å². The fourth-order valence-electron chi connectivity index (χ4n) is 4.11. The monoisotopic (exact) mass is 383 g/mol. The van der Waals surface area contributed by atoms with Crippen molar-refractivity contribution in [2.75, 3.05) is 32.1 Å². The number of methoxy groups -OCH3 is 1. The molecule has 28 heavy (non-hydrogen) atoms. The molecule has 0 aliphatic carbocycles. The molecule has 2 aromatic carbocycles. The molecule has 1 N–H and O–H groups in total. The predicted molar refractivity (Wildman–Crippen MR) is 103 cm³/mol. The molecule has 7 heteroatoms. The summed E-state index contributed by atoms with van der Waals surface area (Å²) >= 11 is 0. The number of para-hydroxylation sites is 1. The maximum absolute atomic E-state index is 13.5. The van der Waals surface area contributed by atoms with E-state index in [-0.39, 0.29) is 11.8 Å². The van der Waals surface area contributed by atoms with Crippen molar-refractivity contribution >= 4 is 17.5 Å². The quantitative estimate of drug-likeness (QED) is 0.866. The minimum absolute atomic E-state index is 0.0837. The first-order valence-electron chi connectivity index (χ1n) is 9.23. The van der Waals surface area contributed by atoms with Crippen LogP contribution in [0.3, 0.4) is 0 Å². The van der Waals surface area contributed by atoms with E-state index < -0.39 is 11.5 Å². The van der Waals surface area contributed by atoms with Crippen LogP contribution in [0.4, 0.5) is 10.1 Å². The number of carbonyl (C=O) groups is 2. The first-order chi connectivity index (χ1) is 13.4. The zero-order valence-electron chi connectivity index (χ0n) is 15.9. The van der Waals surface area contributed by atoms with E-state index in [4.69, 9.17) is 4.74 Å². The van der Waals surface area contributed by atoms with Crippen molar-refractivity contribution in [1.29, 1.82) is 0 Å². The van der Waals surface area contributed by atoms with Gasteiger partial charge in [-0.15, -0.1) is 0 Å². The third-order valence-electron chi connectivity index (χ3n) is 5.77. The van der Waals surface area contributed by atoms with Crippen molar-refractivity contribution in [3.63, 3.8) is 0 Å². The number of amides is 2. The second-order valence-electron chi connectivity index (χ2n) is 7.20. The Morgan fingerprint density at radius 3 is 2.61 bits per heavy atom. The Balaban J connectivity index is 1.54. The molecular weight excluding hydrogens is 361 g/mol. The van der Waals surface area contributed by atoms with Gasteiger partial charge in [-0.25, -0.2) is 4.39 Å². The Morgan fingerprint density at radius 1 is 1.18 bits per heavy atom. The molecule has 0 atom stereocenters. The number of carbonyl (C=O) groups excluding carboxylic acids is 2. The number of anilines is 1. The summed E-state index contributed by atoms with van der Waals surface area (Å²) in [5.74, 6) is -0.251. The van der Waals surface area contributed by atoms with Gasteiger partial charge >= 0.3 is 0 Å². The lowest BCUT2D eigenvalue weighted by molar-refractivity contribution is 0.0606. The van der Waals surface area contributed by atoms with Crippen molar-refractivity contribution in [2.24, 2.45) is 0 Å². The van der Waals surface area contributed by atoms with Gasteiger partial charge in [-0.3, -0.25) is 9.59 Å². The standard InChI is InChI=1S/C21H22FN3O3/c1-24-17-8-7-14(22)13-16(17)19(26)23-21(24)9-11-25(12-10-21)20(27)15-5-3-4-6-18(15)28-2/h3-8,13H,9-12H2,1-2H3,(H,23,26). The zero-order chi connectivity index (χ0) is 19.9. The highest BCUT2D eigenvalue weighted by Gasteiger charge is 2.45. The second-order valence-corrected chi connectivity index (χ2v) is 7.20. The summed E-state index contributed by atoms with van der Waals surface area (Å²) in [7, 11) is 3.44. The summed E-state index contributed by atoms with van der Waals surface area (Å²) in [5, 5.41) is 3.04. The number of fused-ring (bicyclic) bond motifs is 1. The number of nitrogens with zero attached hydrogens (tertiary/aromatic N) is 2. The number of nitrogens with one attached hydrogen (secondary N) is 1. The molecule has 2 heterocycles. The van der Waals surface area contributed by atoms with Gasteiger partial charge in [-0.1, -0.05) is 12.1 Å². The van der Waals surface area contributed by atoms with Gasteiger partial charge in [-0.2, -0.15) is 0 Å². The average Bonchev–Trinajstić information content (AvgIpc) is 2.72. The van der Waals surface area contributed by atoms with Gasteiger partial charge in [0, 0.05) is 33.0 Å². The van der Waals surface area contributed by atoms with Crippen molar-refractivity contribution in [3.8, 4) is 5.75 Å². The van der Waals surface area contributed by atoms with E-state index in [9.17, 15) is 14.0 Å². The summed E-state index contributed by atoms with van der Waals surface area (Å²) in [6.07, 6.45) is 1.15. The lowest BCUT2D eigenvalue weighted by Gasteiger charge is -2.51. The van der Waals surface area contributed by atoms with Crippen molar-refractivity contribution < 1.29 is 18.7 Å². The van der Waals surface area contributed by atoms with Gasteiger partial charge in [0.1, 0.15) is 17.2 Å². The van der Waals surface area contributed by atoms with E-state index in [1.807, 2.05) is 24.1 Å². The summed E-state index contributed by atoms with van der Waals surface area (Å²) in [6, 6.07) is 11.4. The normalized spacial score (nSPS) is 17.9. The van der Waals surface area contributed by atoms with Gasteiger partial charge < -0.3 is 19.9 Å². The Labute approximate surface area is 162 Å². The molecule has 2 aliphatic rings. The smallest absolute Gasteiger partial charge is 0.257 e. The van der Waals surface area contributed by atoms with Crippen LogP contribution in [-0.2, 0) is 0 Å². The molecule has 0 unspecified atom stereocenters. The Kier molecular flexibility index (Phi) is 4.45. The fourth-order valence-corrected chi connectivity index (χ4v) is 4.11. The van der Waals surface area contributed by atoms with E-state index in [0.717, 1.165) is 0 Å². The SMILES string of the molecule is COc1ccccc1C(=O)N1CCC2(CC1)NC(=O)c1cc(F)ccc1N2C. The van der Waals surface area contributed by atoms with Gasteiger partial charge in [0.05, 0.1) is 23.9 Å². The van der Waals surface area contributed by atoms with Crippen LogP contribution < -0.4 is 15.0 Å². The highest BCUT2D eigenvalue weighted by atomic mass is 19.1. The van der Waals surface area contributed by atoms with Gasteiger partial charge in [0.25, 0.3) is 11.8 Å². The first kappa shape index (κ1) is 18.3. The molecule has 6 nitrogen and oxygen atoms in total.